The fourth-order valence-electron chi connectivity index (χ4n) is 2.66. The molecule has 0 aromatic heterocycles. The van der Waals surface area contributed by atoms with Crippen molar-refractivity contribution in [2.24, 2.45) is 0 Å². The van der Waals surface area contributed by atoms with Gasteiger partial charge < -0.3 is 9.80 Å². The molecule has 0 N–H and O–H groups in total. The lowest BCUT2D eigenvalue weighted by Crippen LogP contribution is -2.43. The number of likely N-dealkylation sites (tertiary alicyclic amines) is 1. The minimum Gasteiger partial charge on any atom is -0.341 e. The number of carbonyl (C=O) groups is 1. The molecule has 1 aliphatic heterocycles. The van der Waals surface area contributed by atoms with Crippen LogP contribution in [-0.2, 0) is 11.2 Å². The highest BCUT2D eigenvalue weighted by Crippen LogP contribution is 2.23. The highest BCUT2D eigenvalue weighted by molar-refractivity contribution is 6.42. The number of nitrogens with zero attached hydrogens (tertiary/aromatic N) is 2. The zero-order valence-corrected chi connectivity index (χ0v) is 15.3. The van der Waals surface area contributed by atoms with Gasteiger partial charge in [-0.15, -0.1) is 12.4 Å². The first-order valence-electron chi connectivity index (χ1n) is 7.39. The Bertz CT molecular complexity index is 504. The molecule has 22 heavy (non-hydrogen) atoms. The van der Waals surface area contributed by atoms with E-state index in [-0.39, 0.29) is 24.4 Å². The van der Waals surface area contributed by atoms with Crippen molar-refractivity contribution in [3.8, 4) is 0 Å². The van der Waals surface area contributed by atoms with Gasteiger partial charge in [0.05, 0.1) is 16.5 Å². The molecule has 124 valence electrons. The maximum Gasteiger partial charge on any atom is 0.227 e. The fraction of sp³-hybridized carbons (Fsp3) is 0.562. The van der Waals surface area contributed by atoms with Gasteiger partial charge in [-0.3, -0.25) is 4.79 Å². The van der Waals surface area contributed by atoms with E-state index < -0.39 is 0 Å². The van der Waals surface area contributed by atoms with E-state index in [1.54, 1.807) is 12.1 Å². The number of amides is 1. The predicted molar refractivity (Wildman–Crippen MR) is 95.3 cm³/mol. The quantitative estimate of drug-likeness (QED) is 0.790. The van der Waals surface area contributed by atoms with Crippen molar-refractivity contribution >= 4 is 41.5 Å². The molecule has 1 heterocycles. The van der Waals surface area contributed by atoms with Crippen LogP contribution in [0.3, 0.4) is 0 Å². The predicted octanol–water partition coefficient (Wildman–Crippen LogP) is 3.90. The van der Waals surface area contributed by atoms with E-state index in [0.717, 1.165) is 25.2 Å². The van der Waals surface area contributed by atoms with Crippen LogP contribution in [0.1, 0.15) is 25.3 Å². The van der Waals surface area contributed by atoms with E-state index in [1.807, 2.05) is 18.0 Å². The normalized spacial score (nSPS) is 16.2. The summed E-state index contributed by atoms with van der Waals surface area (Å²) in [6.45, 7) is 5.35. The van der Waals surface area contributed by atoms with Crippen LogP contribution in [0.25, 0.3) is 0 Å². The van der Waals surface area contributed by atoms with Gasteiger partial charge >= 0.3 is 0 Å². The third-order valence-corrected chi connectivity index (χ3v) is 4.85. The molecule has 2 rings (SSSR count). The summed E-state index contributed by atoms with van der Waals surface area (Å²) in [5, 5.41) is 1.01. The van der Waals surface area contributed by atoms with E-state index in [1.165, 1.54) is 12.8 Å². The van der Waals surface area contributed by atoms with Gasteiger partial charge in [0.25, 0.3) is 0 Å². The first-order valence-corrected chi connectivity index (χ1v) is 8.15. The summed E-state index contributed by atoms with van der Waals surface area (Å²) in [6.07, 6.45) is 2.90. The lowest BCUT2D eigenvalue weighted by molar-refractivity contribution is -0.131. The molecule has 1 fully saturated rings. The van der Waals surface area contributed by atoms with Crippen LogP contribution in [0.5, 0.6) is 0 Å². The summed E-state index contributed by atoms with van der Waals surface area (Å²) >= 11 is 11.9. The van der Waals surface area contributed by atoms with Crippen LogP contribution in [0.4, 0.5) is 0 Å². The second-order valence-electron chi connectivity index (χ2n) is 5.79. The van der Waals surface area contributed by atoms with Gasteiger partial charge in [0.2, 0.25) is 5.91 Å². The molecule has 3 nitrogen and oxygen atoms in total. The average Bonchev–Trinajstić information content (AvgIpc) is 2.94. The summed E-state index contributed by atoms with van der Waals surface area (Å²) in [4.78, 5) is 16.6. The third kappa shape index (κ3) is 5.31. The van der Waals surface area contributed by atoms with Gasteiger partial charge in [0.15, 0.2) is 0 Å². The summed E-state index contributed by atoms with van der Waals surface area (Å²) in [6, 6.07) is 5.57. The van der Waals surface area contributed by atoms with E-state index in [4.69, 9.17) is 23.2 Å². The molecular formula is C16H23Cl3N2O. The molecule has 1 saturated heterocycles. The topological polar surface area (TPSA) is 23.6 Å². The minimum absolute atomic E-state index is 0. The Morgan fingerprint density at radius 1 is 1.27 bits per heavy atom. The van der Waals surface area contributed by atoms with Crippen molar-refractivity contribution in [1.29, 1.82) is 0 Å². The second-order valence-corrected chi connectivity index (χ2v) is 6.60. The maximum atomic E-state index is 12.4. The molecule has 0 spiro atoms. The molecule has 1 amide bonds. The number of hydrogen-bond acceptors (Lipinski definition) is 2. The summed E-state index contributed by atoms with van der Waals surface area (Å²) in [5.74, 6) is 0.111. The molecule has 0 radical (unpaired) electrons. The molecule has 0 bridgehead atoms. The van der Waals surface area contributed by atoms with Crippen molar-refractivity contribution in [2.45, 2.75) is 32.2 Å². The monoisotopic (exact) mass is 364 g/mol. The summed E-state index contributed by atoms with van der Waals surface area (Å²) in [7, 11) is 1.88. The Morgan fingerprint density at radius 3 is 2.50 bits per heavy atom. The Labute approximate surface area is 149 Å². The summed E-state index contributed by atoms with van der Waals surface area (Å²) < 4.78 is 0. The van der Waals surface area contributed by atoms with E-state index in [2.05, 4.69) is 11.8 Å². The Morgan fingerprint density at radius 2 is 1.91 bits per heavy atom. The Balaban J connectivity index is 0.00000242. The van der Waals surface area contributed by atoms with Crippen molar-refractivity contribution in [3.63, 3.8) is 0 Å². The van der Waals surface area contributed by atoms with Crippen molar-refractivity contribution < 1.29 is 4.79 Å². The van der Waals surface area contributed by atoms with E-state index in [9.17, 15) is 4.79 Å². The molecule has 1 atom stereocenters. The van der Waals surface area contributed by atoms with Gasteiger partial charge in [-0.25, -0.2) is 0 Å². The Kier molecular flexibility index (Phi) is 7.98. The van der Waals surface area contributed by atoms with Crippen LogP contribution >= 0.6 is 35.6 Å². The standard InChI is InChI=1S/C16H22Cl2N2O.ClH/c1-12(11-20-7-3-4-8-20)19(2)16(21)10-13-5-6-14(17)15(18)9-13;/h5-6,9,12H,3-4,7-8,10-11H2,1-2H3;1H. The molecule has 0 saturated carbocycles. The lowest BCUT2D eigenvalue weighted by atomic mass is 10.1. The smallest absolute Gasteiger partial charge is 0.227 e. The van der Waals surface area contributed by atoms with Gasteiger partial charge in [-0.1, -0.05) is 29.3 Å². The number of carbonyl (C=O) groups excluding carboxylic acids is 1. The zero-order chi connectivity index (χ0) is 15.4. The van der Waals surface area contributed by atoms with Crippen molar-refractivity contribution in [2.75, 3.05) is 26.7 Å². The van der Waals surface area contributed by atoms with Gasteiger partial charge in [0, 0.05) is 19.6 Å². The average molecular weight is 366 g/mol. The first kappa shape index (κ1) is 19.6. The number of benzene rings is 1. The van der Waals surface area contributed by atoms with Crippen LogP contribution in [0.2, 0.25) is 10.0 Å². The SMILES string of the molecule is CC(CN1CCCC1)N(C)C(=O)Cc1ccc(Cl)c(Cl)c1.Cl. The van der Waals surface area contributed by atoms with Crippen LogP contribution in [0.15, 0.2) is 18.2 Å². The Hall–Kier alpha value is -0.480. The fourth-order valence-corrected chi connectivity index (χ4v) is 2.98. The van der Waals surface area contributed by atoms with E-state index >= 15 is 0 Å². The molecule has 0 aliphatic carbocycles. The van der Waals surface area contributed by atoms with Crippen molar-refractivity contribution in [3.05, 3.63) is 33.8 Å². The minimum atomic E-state index is 0. The van der Waals surface area contributed by atoms with Crippen LogP contribution < -0.4 is 0 Å². The summed E-state index contributed by atoms with van der Waals surface area (Å²) in [5.41, 5.74) is 0.898. The van der Waals surface area contributed by atoms with Gasteiger partial charge in [-0.05, 0) is 50.6 Å². The number of hydrogen-bond donors (Lipinski definition) is 0. The van der Waals surface area contributed by atoms with E-state index in [0.29, 0.717) is 16.5 Å². The molecule has 1 aromatic rings. The first-order chi connectivity index (χ1) is 9.97. The number of likely N-dealkylation sites (N-methyl/N-ethyl adjacent to an activating group) is 1. The third-order valence-electron chi connectivity index (χ3n) is 4.12. The molecule has 1 aliphatic rings. The number of halogens is 3. The zero-order valence-electron chi connectivity index (χ0n) is 13.0. The van der Waals surface area contributed by atoms with Gasteiger partial charge in [0.1, 0.15) is 0 Å². The molecular weight excluding hydrogens is 343 g/mol. The van der Waals surface area contributed by atoms with Crippen LogP contribution in [-0.4, -0.2) is 48.4 Å². The molecule has 1 aromatic carbocycles. The van der Waals surface area contributed by atoms with Crippen LogP contribution in [0, 0.1) is 0 Å². The number of rotatable bonds is 5. The second kappa shape index (κ2) is 8.97. The van der Waals surface area contributed by atoms with Crippen molar-refractivity contribution in [1.82, 2.24) is 9.80 Å². The molecule has 1 unspecified atom stereocenters. The highest BCUT2D eigenvalue weighted by atomic mass is 35.5. The van der Waals surface area contributed by atoms with Gasteiger partial charge in [-0.2, -0.15) is 0 Å². The lowest BCUT2D eigenvalue weighted by Gasteiger charge is -2.29. The largest absolute Gasteiger partial charge is 0.341 e. The molecule has 6 heteroatoms. The highest BCUT2D eigenvalue weighted by Gasteiger charge is 2.20. The maximum absolute atomic E-state index is 12.4.